The van der Waals surface area contributed by atoms with Gasteiger partial charge in [-0.1, -0.05) is 30.3 Å². The highest BCUT2D eigenvalue weighted by Crippen LogP contribution is 2.19. The van der Waals surface area contributed by atoms with E-state index in [1.807, 2.05) is 30.3 Å². The van der Waals surface area contributed by atoms with Crippen LogP contribution in [0.15, 0.2) is 30.3 Å². The first-order valence-electron chi connectivity index (χ1n) is 8.01. The molecule has 0 bridgehead atoms. The molecule has 6 nitrogen and oxygen atoms in total. The summed E-state index contributed by atoms with van der Waals surface area (Å²) in [7, 11) is 0. The van der Waals surface area contributed by atoms with Crippen molar-refractivity contribution in [1.29, 1.82) is 0 Å². The van der Waals surface area contributed by atoms with Crippen molar-refractivity contribution in [3.05, 3.63) is 35.9 Å². The summed E-state index contributed by atoms with van der Waals surface area (Å²) in [5.74, 6) is -0.868. The quantitative estimate of drug-likeness (QED) is 0.775. The van der Waals surface area contributed by atoms with Gasteiger partial charge in [-0.15, -0.1) is 0 Å². The van der Waals surface area contributed by atoms with Crippen molar-refractivity contribution in [3.63, 3.8) is 0 Å². The molecule has 1 aromatic carbocycles. The predicted octanol–water partition coefficient (Wildman–Crippen LogP) is 2.70. The Labute approximate surface area is 141 Å². The van der Waals surface area contributed by atoms with E-state index < -0.39 is 23.6 Å². The monoisotopic (exact) mass is 333 g/mol. The lowest BCUT2D eigenvalue weighted by atomic mass is 10.1. The molecule has 6 heteroatoms. The summed E-state index contributed by atoms with van der Waals surface area (Å²) < 4.78 is 10.2. The summed E-state index contributed by atoms with van der Waals surface area (Å²) in [5.41, 5.74) is 0.425. The second kappa shape index (κ2) is 7.47. The highest BCUT2D eigenvalue weighted by Gasteiger charge is 2.37. The second-order valence-electron chi connectivity index (χ2n) is 6.77. The fourth-order valence-corrected chi connectivity index (χ4v) is 2.52. The number of ether oxygens (including phenoxy) is 2. The molecule has 0 N–H and O–H groups in total. The molecular weight excluding hydrogens is 310 g/mol. The smallest absolute Gasteiger partial charge is 0.416 e. The first-order chi connectivity index (χ1) is 11.3. The maximum atomic E-state index is 12.3. The van der Waals surface area contributed by atoms with Crippen molar-refractivity contribution in [2.24, 2.45) is 0 Å². The minimum atomic E-state index is -0.648. The lowest BCUT2D eigenvalue weighted by Crippen LogP contribution is -2.40. The number of carbonyl (C=O) groups is 3. The van der Waals surface area contributed by atoms with E-state index in [-0.39, 0.29) is 25.5 Å². The van der Waals surface area contributed by atoms with E-state index in [9.17, 15) is 14.4 Å². The average Bonchev–Trinajstić information content (AvgIpc) is 2.85. The Balaban J connectivity index is 1.93. The molecule has 24 heavy (non-hydrogen) atoms. The lowest BCUT2D eigenvalue weighted by molar-refractivity contribution is -0.156. The minimum Gasteiger partial charge on any atom is -0.460 e. The third-order valence-corrected chi connectivity index (χ3v) is 3.51. The van der Waals surface area contributed by atoms with Gasteiger partial charge >= 0.3 is 12.1 Å². The molecule has 1 saturated heterocycles. The van der Waals surface area contributed by atoms with Gasteiger partial charge in [0.25, 0.3) is 0 Å². The maximum Gasteiger partial charge on any atom is 0.416 e. The van der Waals surface area contributed by atoms with Gasteiger partial charge in [-0.3, -0.25) is 9.59 Å². The molecule has 0 aliphatic carbocycles. The maximum absolute atomic E-state index is 12.3. The molecule has 0 radical (unpaired) electrons. The Morgan fingerprint density at radius 1 is 1.21 bits per heavy atom. The van der Waals surface area contributed by atoms with Crippen LogP contribution in [0.1, 0.15) is 39.2 Å². The molecule has 1 fully saturated rings. The number of rotatable bonds is 5. The largest absolute Gasteiger partial charge is 0.460 e. The van der Waals surface area contributed by atoms with Crippen molar-refractivity contribution in [1.82, 2.24) is 4.90 Å². The molecular formula is C18H23NO5. The van der Waals surface area contributed by atoms with Gasteiger partial charge < -0.3 is 9.47 Å². The molecule has 130 valence electrons. The molecule has 2 rings (SSSR count). The van der Waals surface area contributed by atoms with Crippen molar-refractivity contribution in [3.8, 4) is 0 Å². The van der Waals surface area contributed by atoms with Gasteiger partial charge in [0.15, 0.2) is 0 Å². The van der Waals surface area contributed by atoms with Crippen molar-refractivity contribution < 1.29 is 23.9 Å². The number of nitrogens with zero attached hydrogens (tertiary/aromatic N) is 1. The second-order valence-corrected chi connectivity index (χ2v) is 6.77. The zero-order valence-corrected chi connectivity index (χ0v) is 14.3. The Kier molecular flexibility index (Phi) is 5.59. The number of imide groups is 1. The first kappa shape index (κ1) is 18.0. The highest BCUT2D eigenvalue weighted by molar-refractivity contribution is 5.94. The summed E-state index contributed by atoms with van der Waals surface area (Å²) in [5, 5.41) is 0. The van der Waals surface area contributed by atoms with Crippen LogP contribution in [0, 0.1) is 0 Å². The summed E-state index contributed by atoms with van der Waals surface area (Å²) in [6.07, 6.45) is -0.247. The Bertz CT molecular complexity index is 606. The van der Waals surface area contributed by atoms with Crippen molar-refractivity contribution in [2.75, 3.05) is 6.61 Å². The van der Waals surface area contributed by atoms with Crippen LogP contribution in [0.2, 0.25) is 0 Å². The molecule has 0 unspecified atom stereocenters. The predicted molar refractivity (Wildman–Crippen MR) is 87.2 cm³/mol. The SMILES string of the molecule is CC(C)(C)OC(=O)CCC(=O)N1C(=O)OC[C@H]1Cc1ccccc1. The molecule has 2 amide bonds. The number of hydrogen-bond acceptors (Lipinski definition) is 5. The molecule has 0 aromatic heterocycles. The Hall–Kier alpha value is -2.37. The topological polar surface area (TPSA) is 72.9 Å². The number of esters is 1. The van der Waals surface area contributed by atoms with E-state index in [1.165, 1.54) is 0 Å². The normalized spacial score (nSPS) is 17.5. The van der Waals surface area contributed by atoms with Gasteiger partial charge in [0.2, 0.25) is 5.91 Å². The van der Waals surface area contributed by atoms with E-state index in [0.717, 1.165) is 10.5 Å². The van der Waals surface area contributed by atoms with Gasteiger partial charge in [-0.05, 0) is 32.8 Å². The van der Waals surface area contributed by atoms with E-state index in [0.29, 0.717) is 6.42 Å². The van der Waals surface area contributed by atoms with Crippen molar-refractivity contribution >= 4 is 18.0 Å². The van der Waals surface area contributed by atoms with Gasteiger partial charge in [0.05, 0.1) is 12.5 Å². The first-order valence-corrected chi connectivity index (χ1v) is 8.01. The van der Waals surface area contributed by atoms with Gasteiger partial charge in [-0.2, -0.15) is 0 Å². The van der Waals surface area contributed by atoms with Crippen LogP contribution in [0.5, 0.6) is 0 Å². The molecule has 1 aliphatic heterocycles. The standard InChI is InChI=1S/C18H23NO5/c1-18(2,3)24-16(21)10-9-15(20)19-14(12-23-17(19)22)11-13-7-5-4-6-8-13/h4-8,14H,9-12H2,1-3H3/t14-/m1/s1. The zero-order valence-electron chi connectivity index (χ0n) is 14.3. The minimum absolute atomic E-state index is 0.0576. The Morgan fingerprint density at radius 2 is 1.88 bits per heavy atom. The number of cyclic esters (lactones) is 1. The summed E-state index contributed by atoms with van der Waals surface area (Å²) >= 11 is 0. The van der Waals surface area contributed by atoms with Crippen LogP contribution in [0.3, 0.4) is 0 Å². The van der Waals surface area contributed by atoms with E-state index in [4.69, 9.17) is 9.47 Å². The summed E-state index contributed by atoms with van der Waals surface area (Å²) in [6.45, 7) is 5.47. The number of hydrogen-bond donors (Lipinski definition) is 0. The van der Waals surface area contributed by atoms with E-state index in [2.05, 4.69) is 0 Å². The molecule has 0 spiro atoms. The lowest BCUT2D eigenvalue weighted by Gasteiger charge is -2.21. The molecule has 1 atom stereocenters. The third-order valence-electron chi connectivity index (χ3n) is 3.51. The zero-order chi connectivity index (χ0) is 17.7. The van der Waals surface area contributed by atoms with Gasteiger partial charge in [-0.25, -0.2) is 9.69 Å². The Morgan fingerprint density at radius 3 is 2.50 bits per heavy atom. The molecule has 1 heterocycles. The summed E-state index contributed by atoms with van der Waals surface area (Å²) in [6, 6.07) is 9.25. The van der Waals surface area contributed by atoms with Crippen LogP contribution in [0.25, 0.3) is 0 Å². The number of carbonyl (C=O) groups excluding carboxylic acids is 3. The van der Waals surface area contributed by atoms with Crippen LogP contribution in [-0.4, -0.2) is 41.1 Å². The fraction of sp³-hybridized carbons (Fsp3) is 0.500. The number of amides is 2. The van der Waals surface area contributed by atoms with Crippen molar-refractivity contribution in [2.45, 2.75) is 51.7 Å². The van der Waals surface area contributed by atoms with Crippen LogP contribution < -0.4 is 0 Å². The third kappa shape index (κ3) is 5.08. The van der Waals surface area contributed by atoms with E-state index >= 15 is 0 Å². The van der Waals surface area contributed by atoms with Crippen LogP contribution >= 0.6 is 0 Å². The van der Waals surface area contributed by atoms with Gasteiger partial charge in [0, 0.05) is 6.42 Å². The fourth-order valence-electron chi connectivity index (χ4n) is 2.52. The molecule has 1 aromatic rings. The van der Waals surface area contributed by atoms with Crippen LogP contribution in [0.4, 0.5) is 4.79 Å². The van der Waals surface area contributed by atoms with E-state index in [1.54, 1.807) is 20.8 Å². The average molecular weight is 333 g/mol. The van der Waals surface area contributed by atoms with Crippen LogP contribution in [-0.2, 0) is 25.5 Å². The molecule has 1 aliphatic rings. The van der Waals surface area contributed by atoms with Gasteiger partial charge in [0.1, 0.15) is 12.2 Å². The highest BCUT2D eigenvalue weighted by atomic mass is 16.6. The molecule has 0 saturated carbocycles. The summed E-state index contributed by atoms with van der Waals surface area (Å²) in [4.78, 5) is 37.0. The number of benzene rings is 1.